The molecule has 3 heteroatoms. The summed E-state index contributed by atoms with van der Waals surface area (Å²) in [7, 11) is 0. The summed E-state index contributed by atoms with van der Waals surface area (Å²) in [5.41, 5.74) is 1.45. The van der Waals surface area contributed by atoms with Crippen LogP contribution in [0, 0.1) is 0 Å². The van der Waals surface area contributed by atoms with E-state index in [0.717, 1.165) is 13.2 Å². The number of ether oxygens (including phenoxy) is 1. The fourth-order valence-electron chi connectivity index (χ4n) is 2.49. The second-order valence-corrected chi connectivity index (χ2v) is 7.32. The van der Waals surface area contributed by atoms with Gasteiger partial charge in [0.2, 0.25) is 0 Å². The minimum atomic E-state index is 0.462. The van der Waals surface area contributed by atoms with Gasteiger partial charge in [-0.15, -0.1) is 0 Å². The van der Waals surface area contributed by atoms with Crippen molar-refractivity contribution in [2.24, 2.45) is 0 Å². The average molecular weight is 282 g/mol. The minimum absolute atomic E-state index is 0.462. The first kappa shape index (κ1) is 10.6. The molecule has 2 unspecified atom stereocenters. The van der Waals surface area contributed by atoms with Crippen molar-refractivity contribution in [2.75, 3.05) is 18.1 Å². The molecule has 0 radical (unpaired) electrons. The first-order chi connectivity index (χ1) is 7.84. The Morgan fingerprint density at radius 1 is 1.44 bits per heavy atom. The van der Waals surface area contributed by atoms with Crippen LogP contribution in [-0.2, 0) is 4.74 Å². The molecule has 0 amide bonds. The normalized spacial score (nSPS) is 28.4. The molecular weight excluding hydrogens is 265 g/mol. The molecule has 2 aliphatic rings. The Labute approximate surface area is 103 Å². The number of nitrogens with zero attached hydrogens (tertiary/aromatic N) is 1. The number of hydrogen-bond donors (Lipinski definition) is 0. The summed E-state index contributed by atoms with van der Waals surface area (Å²) < 4.78 is 7.30. The first-order valence-corrected chi connectivity index (χ1v) is 7.83. The Hall–Kier alpha value is -0.501. The zero-order valence-corrected chi connectivity index (χ0v) is 11.3. The van der Waals surface area contributed by atoms with Crippen LogP contribution in [0.3, 0.4) is 0 Å². The van der Waals surface area contributed by atoms with Gasteiger partial charge in [-0.25, -0.2) is 0 Å². The van der Waals surface area contributed by atoms with E-state index in [1.807, 2.05) is 0 Å². The summed E-state index contributed by atoms with van der Waals surface area (Å²) in [4.78, 5) is 3.24. The van der Waals surface area contributed by atoms with Crippen molar-refractivity contribution in [2.45, 2.75) is 30.8 Å². The van der Waals surface area contributed by atoms with Crippen LogP contribution in [0.15, 0.2) is 24.3 Å². The van der Waals surface area contributed by atoms with Crippen LogP contribution in [0.2, 0.25) is 0 Å². The second-order valence-electron chi connectivity index (χ2n) is 4.47. The van der Waals surface area contributed by atoms with Crippen molar-refractivity contribution >= 4 is 25.1 Å². The van der Waals surface area contributed by atoms with E-state index in [0.29, 0.717) is 26.0 Å². The molecule has 0 N–H and O–H groups in total. The number of anilines is 1. The molecule has 0 bridgehead atoms. The van der Waals surface area contributed by atoms with Gasteiger partial charge in [0.15, 0.2) is 0 Å². The van der Waals surface area contributed by atoms with Crippen LogP contribution >= 0.6 is 0 Å². The molecule has 0 aliphatic carbocycles. The van der Waals surface area contributed by atoms with E-state index in [1.54, 1.807) is 4.46 Å². The molecule has 2 nitrogen and oxygen atoms in total. The topological polar surface area (TPSA) is 12.5 Å². The molecule has 16 heavy (non-hydrogen) atoms. The average Bonchev–Trinajstić information content (AvgIpc) is 2.89. The fourth-order valence-corrected chi connectivity index (χ4v) is 4.92. The van der Waals surface area contributed by atoms with E-state index in [4.69, 9.17) is 4.74 Å². The summed E-state index contributed by atoms with van der Waals surface area (Å²) in [6.45, 7) is 4.38. The third-order valence-electron chi connectivity index (χ3n) is 3.34. The van der Waals surface area contributed by atoms with E-state index >= 15 is 0 Å². The zero-order valence-electron chi connectivity index (χ0n) is 9.56. The molecule has 3 rings (SSSR count). The third kappa shape index (κ3) is 1.88. The first-order valence-electron chi connectivity index (χ1n) is 5.98. The molecule has 1 fully saturated rings. The van der Waals surface area contributed by atoms with Gasteiger partial charge >= 0.3 is 103 Å². The Kier molecular flexibility index (Phi) is 2.93. The Bertz CT molecular complexity index is 376. The van der Waals surface area contributed by atoms with E-state index < -0.39 is 0 Å². The molecule has 2 atom stereocenters. The van der Waals surface area contributed by atoms with Crippen molar-refractivity contribution in [1.29, 1.82) is 0 Å². The van der Waals surface area contributed by atoms with E-state index in [1.165, 1.54) is 18.5 Å². The quantitative estimate of drug-likeness (QED) is 0.760. The van der Waals surface area contributed by atoms with Crippen LogP contribution in [0.4, 0.5) is 5.69 Å². The molecule has 0 aromatic heterocycles. The van der Waals surface area contributed by atoms with Crippen LogP contribution in [0.25, 0.3) is 0 Å². The molecule has 86 valence electrons. The number of hydrogen-bond acceptors (Lipinski definition) is 2. The molecule has 0 saturated carbocycles. The van der Waals surface area contributed by atoms with Crippen molar-refractivity contribution in [3.8, 4) is 0 Å². The second kappa shape index (κ2) is 4.40. The fraction of sp³-hybridized carbons (Fsp3) is 0.538. The SMILES string of the molecule is CC1[Se]c2ccccc2N1CC1CCCO1. The monoisotopic (exact) mass is 283 g/mol. The van der Waals surface area contributed by atoms with Crippen molar-refractivity contribution in [3.63, 3.8) is 0 Å². The molecular formula is C13H17NOSe. The van der Waals surface area contributed by atoms with E-state index in [-0.39, 0.29) is 0 Å². The van der Waals surface area contributed by atoms with Gasteiger partial charge in [0.25, 0.3) is 0 Å². The summed E-state index contributed by atoms with van der Waals surface area (Å²) in [6, 6.07) is 8.84. The zero-order chi connectivity index (χ0) is 11.0. The summed E-state index contributed by atoms with van der Waals surface area (Å²) >= 11 is 0.606. The van der Waals surface area contributed by atoms with Crippen LogP contribution < -0.4 is 9.36 Å². The molecule has 1 saturated heterocycles. The standard InChI is InChI=1S/C13H17NOSe/c1-10-14(9-11-5-4-8-15-11)12-6-2-3-7-13(12)16-10/h2-3,6-7,10-11H,4-5,8-9H2,1H3. The van der Waals surface area contributed by atoms with Crippen LogP contribution in [-0.4, -0.2) is 39.2 Å². The van der Waals surface area contributed by atoms with E-state index in [2.05, 4.69) is 36.1 Å². The maximum absolute atomic E-state index is 5.74. The summed E-state index contributed by atoms with van der Waals surface area (Å²) in [6.07, 6.45) is 2.93. The van der Waals surface area contributed by atoms with Gasteiger partial charge in [-0.3, -0.25) is 0 Å². The third-order valence-corrected chi connectivity index (χ3v) is 5.84. The van der Waals surface area contributed by atoms with Crippen molar-refractivity contribution in [3.05, 3.63) is 24.3 Å². The van der Waals surface area contributed by atoms with Gasteiger partial charge in [0.05, 0.1) is 0 Å². The molecule has 2 aliphatic heterocycles. The number of rotatable bonds is 2. The number of para-hydroxylation sites is 1. The van der Waals surface area contributed by atoms with Gasteiger partial charge in [-0.2, -0.15) is 0 Å². The Morgan fingerprint density at radius 2 is 2.31 bits per heavy atom. The Morgan fingerprint density at radius 3 is 3.12 bits per heavy atom. The number of benzene rings is 1. The predicted molar refractivity (Wildman–Crippen MR) is 67.6 cm³/mol. The van der Waals surface area contributed by atoms with Crippen molar-refractivity contribution < 1.29 is 4.74 Å². The molecule has 2 heterocycles. The van der Waals surface area contributed by atoms with Crippen LogP contribution in [0.1, 0.15) is 19.8 Å². The summed E-state index contributed by atoms with van der Waals surface area (Å²) in [5.74, 6) is 0. The number of fused-ring (bicyclic) bond motifs is 1. The van der Waals surface area contributed by atoms with Crippen LogP contribution in [0.5, 0.6) is 0 Å². The van der Waals surface area contributed by atoms with Gasteiger partial charge in [-0.05, 0) is 0 Å². The van der Waals surface area contributed by atoms with Crippen molar-refractivity contribution in [1.82, 2.24) is 0 Å². The molecule has 1 aromatic carbocycles. The van der Waals surface area contributed by atoms with E-state index in [9.17, 15) is 0 Å². The predicted octanol–water partition coefficient (Wildman–Crippen LogP) is 1.36. The van der Waals surface area contributed by atoms with Gasteiger partial charge < -0.3 is 0 Å². The Balaban J connectivity index is 1.79. The van der Waals surface area contributed by atoms with Gasteiger partial charge in [-0.1, -0.05) is 0 Å². The maximum atomic E-state index is 5.74. The van der Waals surface area contributed by atoms with Gasteiger partial charge in [0, 0.05) is 0 Å². The molecule has 0 spiro atoms. The summed E-state index contributed by atoms with van der Waals surface area (Å²) in [5, 5.41) is 0. The van der Waals surface area contributed by atoms with Gasteiger partial charge in [0.1, 0.15) is 0 Å². The molecule has 1 aromatic rings.